The highest BCUT2D eigenvalue weighted by Gasteiger charge is 2.19. The Kier molecular flexibility index (Phi) is 4.25. The third-order valence-corrected chi connectivity index (χ3v) is 3.20. The number of piperidine rings is 1. The summed E-state index contributed by atoms with van der Waals surface area (Å²) in [5.41, 5.74) is 1.11. The first-order valence-electron chi connectivity index (χ1n) is 6.10. The standard InChI is InChI=1S/C12H20N4/c1-2-16(12-4-3-6-13-8-12)9-11-5-7-14-10-15-11/h5,7,10,12-13H,2-4,6,8-9H2,1H3. The summed E-state index contributed by atoms with van der Waals surface area (Å²) in [4.78, 5) is 10.7. The molecule has 0 radical (unpaired) electrons. The van der Waals surface area contributed by atoms with Gasteiger partial charge in [0, 0.05) is 25.3 Å². The van der Waals surface area contributed by atoms with Gasteiger partial charge in [-0.05, 0) is 32.0 Å². The molecule has 1 atom stereocenters. The minimum absolute atomic E-state index is 0.661. The predicted molar refractivity (Wildman–Crippen MR) is 64.0 cm³/mol. The molecule has 1 aromatic rings. The fraction of sp³-hybridized carbons (Fsp3) is 0.667. The van der Waals surface area contributed by atoms with Crippen LogP contribution in [0.15, 0.2) is 18.6 Å². The molecule has 4 heteroatoms. The van der Waals surface area contributed by atoms with Crippen LogP contribution in [0.5, 0.6) is 0 Å². The van der Waals surface area contributed by atoms with E-state index >= 15 is 0 Å². The zero-order chi connectivity index (χ0) is 11.2. The monoisotopic (exact) mass is 220 g/mol. The van der Waals surface area contributed by atoms with E-state index in [9.17, 15) is 0 Å². The Bertz CT molecular complexity index is 295. The van der Waals surface area contributed by atoms with Gasteiger partial charge in [0.2, 0.25) is 0 Å². The summed E-state index contributed by atoms with van der Waals surface area (Å²) in [5.74, 6) is 0. The van der Waals surface area contributed by atoms with Crippen LogP contribution in [-0.4, -0.2) is 40.5 Å². The summed E-state index contributed by atoms with van der Waals surface area (Å²) in [6.45, 7) is 6.51. The van der Waals surface area contributed by atoms with Gasteiger partial charge < -0.3 is 5.32 Å². The Morgan fingerprint density at radius 1 is 1.56 bits per heavy atom. The van der Waals surface area contributed by atoms with Gasteiger partial charge in [0.15, 0.2) is 0 Å². The highest BCUT2D eigenvalue weighted by molar-refractivity contribution is 4.98. The van der Waals surface area contributed by atoms with Crippen LogP contribution in [0.25, 0.3) is 0 Å². The molecule has 0 saturated carbocycles. The molecule has 1 saturated heterocycles. The first-order valence-corrected chi connectivity index (χ1v) is 6.10. The lowest BCUT2D eigenvalue weighted by molar-refractivity contribution is 0.164. The highest BCUT2D eigenvalue weighted by Crippen LogP contribution is 2.12. The van der Waals surface area contributed by atoms with Crippen molar-refractivity contribution in [1.82, 2.24) is 20.2 Å². The van der Waals surface area contributed by atoms with Gasteiger partial charge in [-0.3, -0.25) is 4.90 Å². The second kappa shape index (κ2) is 5.92. The van der Waals surface area contributed by atoms with Gasteiger partial charge >= 0.3 is 0 Å². The molecule has 1 aliphatic rings. The van der Waals surface area contributed by atoms with Gasteiger partial charge in [-0.15, -0.1) is 0 Å². The molecule has 2 heterocycles. The Hall–Kier alpha value is -1.00. The van der Waals surface area contributed by atoms with Crippen molar-refractivity contribution in [3.8, 4) is 0 Å². The van der Waals surface area contributed by atoms with Crippen LogP contribution in [0.1, 0.15) is 25.5 Å². The summed E-state index contributed by atoms with van der Waals surface area (Å²) >= 11 is 0. The third-order valence-electron chi connectivity index (χ3n) is 3.20. The molecule has 4 nitrogen and oxygen atoms in total. The van der Waals surface area contributed by atoms with Crippen molar-refractivity contribution < 1.29 is 0 Å². The maximum atomic E-state index is 4.29. The average Bonchev–Trinajstić information content (AvgIpc) is 2.38. The number of nitrogens with one attached hydrogen (secondary N) is 1. The van der Waals surface area contributed by atoms with Gasteiger partial charge in [-0.2, -0.15) is 0 Å². The van der Waals surface area contributed by atoms with E-state index in [1.807, 2.05) is 12.3 Å². The minimum Gasteiger partial charge on any atom is -0.315 e. The summed E-state index contributed by atoms with van der Waals surface area (Å²) in [5, 5.41) is 3.46. The van der Waals surface area contributed by atoms with Gasteiger partial charge in [-0.25, -0.2) is 9.97 Å². The molecule has 0 aromatic carbocycles. The lowest BCUT2D eigenvalue weighted by Crippen LogP contribution is -2.45. The highest BCUT2D eigenvalue weighted by atomic mass is 15.2. The van der Waals surface area contributed by atoms with Crippen LogP contribution in [0.2, 0.25) is 0 Å². The van der Waals surface area contributed by atoms with Crippen molar-refractivity contribution in [3.05, 3.63) is 24.3 Å². The topological polar surface area (TPSA) is 41.1 Å². The lowest BCUT2D eigenvalue weighted by atomic mass is 10.1. The van der Waals surface area contributed by atoms with Crippen LogP contribution >= 0.6 is 0 Å². The third kappa shape index (κ3) is 3.00. The van der Waals surface area contributed by atoms with E-state index in [2.05, 4.69) is 27.1 Å². The van der Waals surface area contributed by atoms with E-state index in [-0.39, 0.29) is 0 Å². The molecule has 1 fully saturated rings. The number of nitrogens with zero attached hydrogens (tertiary/aromatic N) is 3. The molecule has 1 N–H and O–H groups in total. The van der Waals surface area contributed by atoms with Crippen molar-refractivity contribution in [1.29, 1.82) is 0 Å². The molecule has 0 bridgehead atoms. The molecule has 2 rings (SSSR count). The van der Waals surface area contributed by atoms with Gasteiger partial charge in [-0.1, -0.05) is 6.92 Å². The van der Waals surface area contributed by atoms with E-state index in [1.54, 1.807) is 6.33 Å². The van der Waals surface area contributed by atoms with Gasteiger partial charge in [0.1, 0.15) is 6.33 Å². The van der Waals surface area contributed by atoms with E-state index in [1.165, 1.54) is 19.4 Å². The van der Waals surface area contributed by atoms with Crippen LogP contribution in [0, 0.1) is 0 Å². The van der Waals surface area contributed by atoms with Crippen molar-refractivity contribution in [2.75, 3.05) is 19.6 Å². The number of likely N-dealkylation sites (N-methyl/N-ethyl adjacent to an activating group) is 1. The molecule has 88 valence electrons. The van der Waals surface area contributed by atoms with Crippen LogP contribution in [-0.2, 0) is 6.54 Å². The zero-order valence-electron chi connectivity index (χ0n) is 9.89. The molecule has 1 aromatic heterocycles. The largest absolute Gasteiger partial charge is 0.315 e. The van der Waals surface area contributed by atoms with Gasteiger partial charge in [0.05, 0.1) is 5.69 Å². The second-order valence-corrected chi connectivity index (χ2v) is 4.26. The molecule has 1 aliphatic heterocycles. The average molecular weight is 220 g/mol. The Morgan fingerprint density at radius 2 is 2.50 bits per heavy atom. The lowest BCUT2D eigenvalue weighted by Gasteiger charge is -2.33. The molecule has 0 spiro atoms. The summed E-state index contributed by atoms with van der Waals surface area (Å²) in [6, 6.07) is 2.66. The fourth-order valence-corrected chi connectivity index (χ4v) is 2.26. The molecule has 1 unspecified atom stereocenters. The van der Waals surface area contributed by atoms with E-state index < -0.39 is 0 Å². The molecule has 16 heavy (non-hydrogen) atoms. The van der Waals surface area contributed by atoms with Crippen LogP contribution in [0.3, 0.4) is 0 Å². The Morgan fingerprint density at radius 3 is 3.12 bits per heavy atom. The Labute approximate surface area is 97.1 Å². The minimum atomic E-state index is 0.661. The second-order valence-electron chi connectivity index (χ2n) is 4.26. The molecule has 0 aliphatic carbocycles. The van der Waals surface area contributed by atoms with E-state index in [0.29, 0.717) is 6.04 Å². The van der Waals surface area contributed by atoms with Crippen molar-refractivity contribution >= 4 is 0 Å². The smallest absolute Gasteiger partial charge is 0.115 e. The van der Waals surface area contributed by atoms with Crippen molar-refractivity contribution in [2.24, 2.45) is 0 Å². The summed E-state index contributed by atoms with van der Waals surface area (Å²) in [7, 11) is 0. The van der Waals surface area contributed by atoms with E-state index in [0.717, 1.165) is 25.3 Å². The van der Waals surface area contributed by atoms with Crippen LogP contribution < -0.4 is 5.32 Å². The first kappa shape index (κ1) is 11.5. The maximum absolute atomic E-state index is 4.29. The molecular formula is C12H20N4. The quantitative estimate of drug-likeness (QED) is 0.823. The van der Waals surface area contributed by atoms with E-state index in [4.69, 9.17) is 0 Å². The molecule has 0 amide bonds. The number of aromatic nitrogens is 2. The maximum Gasteiger partial charge on any atom is 0.115 e. The first-order chi connectivity index (χ1) is 7.90. The number of hydrogen-bond donors (Lipinski definition) is 1. The van der Waals surface area contributed by atoms with Crippen molar-refractivity contribution in [2.45, 2.75) is 32.4 Å². The SMILES string of the molecule is CCN(Cc1ccncn1)C1CCCNC1. The number of rotatable bonds is 4. The van der Waals surface area contributed by atoms with Crippen molar-refractivity contribution in [3.63, 3.8) is 0 Å². The van der Waals surface area contributed by atoms with Crippen LogP contribution in [0.4, 0.5) is 0 Å². The zero-order valence-corrected chi connectivity index (χ0v) is 9.89. The Balaban J connectivity index is 1.94. The fourth-order valence-electron chi connectivity index (χ4n) is 2.26. The normalized spacial score (nSPS) is 21.2. The molecular weight excluding hydrogens is 200 g/mol. The van der Waals surface area contributed by atoms with Gasteiger partial charge in [0.25, 0.3) is 0 Å². The summed E-state index contributed by atoms with van der Waals surface area (Å²) < 4.78 is 0. The number of hydrogen-bond acceptors (Lipinski definition) is 4. The summed E-state index contributed by atoms with van der Waals surface area (Å²) in [6.07, 6.45) is 6.02. The predicted octanol–water partition coefficient (Wildman–Crippen LogP) is 1.05.